The van der Waals surface area contributed by atoms with Crippen molar-refractivity contribution in [2.45, 2.75) is 39.5 Å². The van der Waals surface area contributed by atoms with Crippen molar-refractivity contribution in [3.63, 3.8) is 0 Å². The molecule has 1 unspecified atom stereocenters. The van der Waals surface area contributed by atoms with Gasteiger partial charge in [-0.15, -0.1) is 0 Å². The molecule has 0 saturated heterocycles. The van der Waals surface area contributed by atoms with Gasteiger partial charge >= 0.3 is 5.97 Å². The minimum Gasteiger partial charge on any atom is -0.481 e. The fraction of sp³-hybridized carbons (Fsp3) is 0.583. The summed E-state index contributed by atoms with van der Waals surface area (Å²) in [6, 6.07) is 0. The Hall–Kier alpha value is -1.45. The van der Waals surface area contributed by atoms with Crippen LogP contribution in [0.4, 0.5) is 0 Å². The van der Waals surface area contributed by atoms with Gasteiger partial charge in [-0.3, -0.25) is 4.79 Å². The fourth-order valence-electron chi connectivity index (χ4n) is 2.14. The van der Waals surface area contributed by atoms with E-state index in [4.69, 9.17) is 5.11 Å². The summed E-state index contributed by atoms with van der Waals surface area (Å²) in [5, 5.41) is 8.85. The van der Waals surface area contributed by atoms with E-state index in [-0.39, 0.29) is 0 Å². The van der Waals surface area contributed by atoms with E-state index in [1.807, 2.05) is 6.92 Å². The quantitative estimate of drug-likeness (QED) is 0.839. The lowest BCUT2D eigenvalue weighted by molar-refractivity contribution is -0.141. The van der Waals surface area contributed by atoms with Gasteiger partial charge in [0.15, 0.2) is 0 Å². The molecule has 1 aromatic rings. The molecule has 1 atom stereocenters. The third-order valence-corrected chi connectivity index (χ3v) is 3.10. The highest BCUT2D eigenvalue weighted by Gasteiger charge is 2.19. The van der Waals surface area contributed by atoms with E-state index in [0.29, 0.717) is 12.2 Å². The van der Waals surface area contributed by atoms with Gasteiger partial charge in [0.2, 0.25) is 0 Å². The first-order chi connectivity index (χ1) is 7.58. The van der Waals surface area contributed by atoms with E-state index in [1.165, 1.54) is 5.56 Å². The summed E-state index contributed by atoms with van der Waals surface area (Å²) in [4.78, 5) is 19.6. The van der Waals surface area contributed by atoms with Crippen LogP contribution in [-0.4, -0.2) is 21.0 Å². The predicted octanol–water partition coefficient (Wildman–Crippen LogP) is 1.54. The molecule has 2 rings (SSSR count). The average Bonchev–Trinajstić information content (AvgIpc) is 2.65. The van der Waals surface area contributed by atoms with Crippen LogP contribution < -0.4 is 0 Å². The fourth-order valence-corrected chi connectivity index (χ4v) is 2.14. The number of carboxylic acid groups (broad SMARTS) is 1. The lowest BCUT2D eigenvalue weighted by Crippen LogP contribution is -2.15. The Morgan fingerprint density at radius 3 is 2.88 bits per heavy atom. The molecular formula is C12H16N2O2. The Morgan fingerprint density at radius 2 is 2.19 bits per heavy atom. The summed E-state index contributed by atoms with van der Waals surface area (Å²) in [6.07, 6.45) is 3.63. The van der Waals surface area contributed by atoms with Crippen molar-refractivity contribution in [3.8, 4) is 0 Å². The molecule has 1 aliphatic rings. The number of aryl methyl sites for hydroxylation is 2. The van der Waals surface area contributed by atoms with Gasteiger partial charge in [0.1, 0.15) is 5.82 Å². The van der Waals surface area contributed by atoms with Crippen LogP contribution in [0.1, 0.15) is 36.1 Å². The van der Waals surface area contributed by atoms with Gasteiger partial charge in [-0.25, -0.2) is 9.97 Å². The van der Waals surface area contributed by atoms with Crippen LogP contribution in [0, 0.1) is 12.8 Å². The van der Waals surface area contributed by atoms with Gasteiger partial charge < -0.3 is 5.11 Å². The van der Waals surface area contributed by atoms with Gasteiger partial charge in [0.25, 0.3) is 0 Å². The van der Waals surface area contributed by atoms with Crippen molar-refractivity contribution in [1.29, 1.82) is 0 Å². The van der Waals surface area contributed by atoms with E-state index in [0.717, 1.165) is 30.7 Å². The monoisotopic (exact) mass is 220 g/mol. The number of hydrogen-bond donors (Lipinski definition) is 1. The molecule has 1 aromatic heterocycles. The van der Waals surface area contributed by atoms with E-state index in [2.05, 4.69) is 9.97 Å². The average molecular weight is 220 g/mol. The molecule has 16 heavy (non-hydrogen) atoms. The zero-order chi connectivity index (χ0) is 11.7. The minimum absolute atomic E-state index is 0.418. The first-order valence-corrected chi connectivity index (χ1v) is 5.66. The van der Waals surface area contributed by atoms with Crippen molar-refractivity contribution in [1.82, 2.24) is 9.97 Å². The van der Waals surface area contributed by atoms with E-state index < -0.39 is 11.9 Å². The van der Waals surface area contributed by atoms with E-state index >= 15 is 0 Å². The molecule has 0 radical (unpaired) electrons. The molecule has 0 fully saturated rings. The van der Waals surface area contributed by atoms with Crippen LogP contribution in [-0.2, 0) is 24.1 Å². The number of aliphatic carboxylic acids is 1. The topological polar surface area (TPSA) is 63.1 Å². The number of hydrogen-bond acceptors (Lipinski definition) is 3. The molecule has 0 saturated carbocycles. The van der Waals surface area contributed by atoms with Crippen molar-refractivity contribution in [2.24, 2.45) is 5.92 Å². The maximum atomic E-state index is 10.8. The molecule has 0 spiro atoms. The Balaban J connectivity index is 2.23. The van der Waals surface area contributed by atoms with Gasteiger partial charge in [0.05, 0.1) is 5.92 Å². The van der Waals surface area contributed by atoms with Gasteiger partial charge in [-0.1, -0.05) is 6.92 Å². The summed E-state index contributed by atoms with van der Waals surface area (Å²) in [7, 11) is 0. The molecule has 4 heteroatoms. The number of fused-ring (bicyclic) bond motifs is 1. The Kier molecular flexibility index (Phi) is 2.90. The number of carboxylic acids is 1. The van der Waals surface area contributed by atoms with Crippen molar-refractivity contribution in [3.05, 3.63) is 22.8 Å². The second kappa shape index (κ2) is 4.20. The highest BCUT2D eigenvalue weighted by atomic mass is 16.4. The van der Waals surface area contributed by atoms with E-state index in [1.54, 1.807) is 6.92 Å². The second-order valence-corrected chi connectivity index (χ2v) is 4.45. The van der Waals surface area contributed by atoms with Crippen LogP contribution in [0.2, 0.25) is 0 Å². The molecule has 1 aliphatic carbocycles. The molecule has 0 amide bonds. The lowest BCUT2D eigenvalue weighted by atomic mass is 10.1. The minimum atomic E-state index is -0.790. The number of carbonyl (C=O) groups is 1. The Bertz CT molecular complexity index is 429. The highest BCUT2D eigenvalue weighted by molar-refractivity contribution is 5.69. The Labute approximate surface area is 94.7 Å². The second-order valence-electron chi connectivity index (χ2n) is 4.45. The first-order valence-electron chi connectivity index (χ1n) is 5.66. The first kappa shape index (κ1) is 11.0. The summed E-state index contributed by atoms with van der Waals surface area (Å²) < 4.78 is 0. The summed E-state index contributed by atoms with van der Waals surface area (Å²) >= 11 is 0. The van der Waals surface area contributed by atoms with Gasteiger partial charge in [-0.2, -0.15) is 0 Å². The number of aromatic nitrogens is 2. The normalized spacial score (nSPS) is 15.9. The SMILES string of the molecule is Cc1nc(CC(C)C(=O)O)nc2c1CCC2. The maximum Gasteiger partial charge on any atom is 0.306 e. The number of nitrogens with zero attached hydrogens (tertiary/aromatic N) is 2. The smallest absolute Gasteiger partial charge is 0.306 e. The van der Waals surface area contributed by atoms with Crippen LogP contribution in [0.25, 0.3) is 0 Å². The van der Waals surface area contributed by atoms with Crippen LogP contribution >= 0.6 is 0 Å². The van der Waals surface area contributed by atoms with Gasteiger partial charge in [0, 0.05) is 17.8 Å². The summed E-state index contributed by atoms with van der Waals surface area (Å²) in [5.41, 5.74) is 3.42. The molecule has 0 aromatic carbocycles. The molecular weight excluding hydrogens is 204 g/mol. The van der Waals surface area contributed by atoms with Gasteiger partial charge in [-0.05, 0) is 31.7 Å². The molecule has 1 N–H and O–H groups in total. The zero-order valence-electron chi connectivity index (χ0n) is 9.66. The van der Waals surface area contributed by atoms with Crippen molar-refractivity contribution < 1.29 is 9.90 Å². The summed E-state index contributed by atoms with van der Waals surface area (Å²) in [5.74, 6) is -0.534. The largest absolute Gasteiger partial charge is 0.481 e. The molecule has 1 heterocycles. The third-order valence-electron chi connectivity index (χ3n) is 3.10. The van der Waals surface area contributed by atoms with Crippen LogP contribution in [0.5, 0.6) is 0 Å². The number of rotatable bonds is 3. The Morgan fingerprint density at radius 1 is 1.44 bits per heavy atom. The highest BCUT2D eigenvalue weighted by Crippen LogP contribution is 2.22. The van der Waals surface area contributed by atoms with Crippen molar-refractivity contribution >= 4 is 5.97 Å². The van der Waals surface area contributed by atoms with E-state index in [9.17, 15) is 4.79 Å². The molecule has 0 aliphatic heterocycles. The van der Waals surface area contributed by atoms with Crippen molar-refractivity contribution in [2.75, 3.05) is 0 Å². The third kappa shape index (κ3) is 2.05. The van der Waals surface area contributed by atoms with Crippen LogP contribution in [0.15, 0.2) is 0 Å². The molecule has 4 nitrogen and oxygen atoms in total. The summed E-state index contributed by atoms with van der Waals surface area (Å²) in [6.45, 7) is 3.68. The molecule has 0 bridgehead atoms. The lowest BCUT2D eigenvalue weighted by Gasteiger charge is -2.08. The predicted molar refractivity (Wildman–Crippen MR) is 59.3 cm³/mol. The molecule has 86 valence electrons. The van der Waals surface area contributed by atoms with Crippen LogP contribution in [0.3, 0.4) is 0 Å². The maximum absolute atomic E-state index is 10.8. The standard InChI is InChI=1S/C12H16N2O2/c1-7(12(15)16)6-11-13-8(2)9-4-3-5-10(9)14-11/h7H,3-6H2,1-2H3,(H,15,16). The zero-order valence-corrected chi connectivity index (χ0v) is 9.66.